The molecular formula is C6H8F3NO2. The van der Waals surface area contributed by atoms with Gasteiger partial charge >= 0.3 is 6.18 Å². The molecule has 1 aliphatic rings. The second-order valence-electron chi connectivity index (χ2n) is 2.63. The molecule has 0 spiro atoms. The molecule has 0 bridgehead atoms. The van der Waals surface area contributed by atoms with Gasteiger partial charge in [-0.05, 0) is 6.42 Å². The molecule has 0 saturated carbocycles. The standard InChI is InChI=1S/C6H8F3NO2/c7-6(8,9)4-3(5(10)11)1-2-12-4/h3-4H,1-2H2,(H2,10,11). The smallest absolute Gasteiger partial charge is 0.369 e. The van der Waals surface area contributed by atoms with Gasteiger partial charge in [0.15, 0.2) is 6.10 Å². The van der Waals surface area contributed by atoms with E-state index in [-0.39, 0.29) is 13.0 Å². The largest absolute Gasteiger partial charge is 0.415 e. The number of rotatable bonds is 1. The van der Waals surface area contributed by atoms with E-state index >= 15 is 0 Å². The van der Waals surface area contributed by atoms with Crippen molar-refractivity contribution in [1.29, 1.82) is 0 Å². The number of hydrogen-bond acceptors (Lipinski definition) is 2. The lowest BCUT2D eigenvalue weighted by Gasteiger charge is -2.18. The number of alkyl halides is 3. The Kier molecular flexibility index (Phi) is 2.27. The first-order valence-electron chi connectivity index (χ1n) is 3.40. The number of ether oxygens (including phenoxy) is 1. The molecule has 0 radical (unpaired) electrons. The molecule has 70 valence electrons. The Balaban J connectivity index is 2.71. The fourth-order valence-electron chi connectivity index (χ4n) is 1.20. The molecule has 1 amide bonds. The van der Waals surface area contributed by atoms with E-state index in [1.807, 2.05) is 0 Å². The van der Waals surface area contributed by atoms with Crippen molar-refractivity contribution in [2.24, 2.45) is 11.7 Å². The van der Waals surface area contributed by atoms with E-state index in [2.05, 4.69) is 4.74 Å². The van der Waals surface area contributed by atoms with E-state index in [4.69, 9.17) is 5.73 Å². The molecular weight excluding hydrogens is 175 g/mol. The van der Waals surface area contributed by atoms with Gasteiger partial charge in [-0.3, -0.25) is 4.79 Å². The molecule has 1 rings (SSSR count). The summed E-state index contributed by atoms with van der Waals surface area (Å²) >= 11 is 0. The Morgan fingerprint density at radius 2 is 2.08 bits per heavy atom. The molecule has 1 fully saturated rings. The lowest BCUT2D eigenvalue weighted by Crippen LogP contribution is -2.40. The average Bonchev–Trinajstić information content (AvgIpc) is 2.30. The van der Waals surface area contributed by atoms with Crippen LogP contribution in [0, 0.1) is 5.92 Å². The van der Waals surface area contributed by atoms with Crippen LogP contribution in [0.15, 0.2) is 0 Å². The number of carbonyl (C=O) groups excluding carboxylic acids is 1. The van der Waals surface area contributed by atoms with Crippen molar-refractivity contribution >= 4 is 5.91 Å². The number of carbonyl (C=O) groups is 1. The second-order valence-corrected chi connectivity index (χ2v) is 2.63. The molecule has 0 aromatic heterocycles. The molecule has 3 nitrogen and oxygen atoms in total. The fraction of sp³-hybridized carbons (Fsp3) is 0.833. The Morgan fingerprint density at radius 1 is 1.50 bits per heavy atom. The molecule has 1 heterocycles. The van der Waals surface area contributed by atoms with Crippen LogP contribution in [0.2, 0.25) is 0 Å². The average molecular weight is 183 g/mol. The molecule has 2 unspecified atom stereocenters. The van der Waals surface area contributed by atoms with Gasteiger partial charge in [0.25, 0.3) is 0 Å². The van der Waals surface area contributed by atoms with Crippen LogP contribution in [-0.4, -0.2) is 24.8 Å². The van der Waals surface area contributed by atoms with Crippen molar-refractivity contribution in [1.82, 2.24) is 0 Å². The molecule has 2 atom stereocenters. The number of primary amides is 1. The first kappa shape index (κ1) is 9.31. The molecule has 0 aromatic rings. The number of amides is 1. The van der Waals surface area contributed by atoms with Gasteiger partial charge in [-0.2, -0.15) is 13.2 Å². The van der Waals surface area contributed by atoms with Crippen LogP contribution < -0.4 is 5.73 Å². The molecule has 2 N–H and O–H groups in total. The maximum atomic E-state index is 12.0. The van der Waals surface area contributed by atoms with Crippen LogP contribution in [-0.2, 0) is 9.53 Å². The number of halogens is 3. The van der Waals surface area contributed by atoms with Crippen molar-refractivity contribution in [3.05, 3.63) is 0 Å². The molecule has 6 heteroatoms. The summed E-state index contributed by atoms with van der Waals surface area (Å²) in [4.78, 5) is 10.5. The van der Waals surface area contributed by atoms with E-state index in [1.54, 1.807) is 0 Å². The fourth-order valence-corrected chi connectivity index (χ4v) is 1.20. The van der Waals surface area contributed by atoms with Gasteiger partial charge in [-0.1, -0.05) is 0 Å². The van der Waals surface area contributed by atoms with Crippen LogP contribution in [0.25, 0.3) is 0 Å². The van der Waals surface area contributed by atoms with Crippen molar-refractivity contribution in [2.75, 3.05) is 6.61 Å². The van der Waals surface area contributed by atoms with Gasteiger partial charge in [0.2, 0.25) is 5.91 Å². The highest BCUT2D eigenvalue weighted by atomic mass is 19.4. The summed E-state index contributed by atoms with van der Waals surface area (Å²) in [7, 11) is 0. The molecule has 0 aromatic carbocycles. The van der Waals surface area contributed by atoms with Crippen molar-refractivity contribution in [3.8, 4) is 0 Å². The van der Waals surface area contributed by atoms with Crippen LogP contribution in [0.5, 0.6) is 0 Å². The zero-order valence-electron chi connectivity index (χ0n) is 6.10. The Bertz CT molecular complexity index is 192. The highest BCUT2D eigenvalue weighted by Gasteiger charge is 2.50. The second kappa shape index (κ2) is 2.93. The lowest BCUT2D eigenvalue weighted by atomic mass is 10.0. The van der Waals surface area contributed by atoms with Gasteiger partial charge in [0.05, 0.1) is 5.92 Å². The lowest BCUT2D eigenvalue weighted by molar-refractivity contribution is -0.216. The summed E-state index contributed by atoms with van der Waals surface area (Å²) in [5.41, 5.74) is 4.77. The monoisotopic (exact) mass is 183 g/mol. The summed E-state index contributed by atoms with van der Waals surface area (Å²) in [5, 5.41) is 0. The zero-order chi connectivity index (χ0) is 9.35. The van der Waals surface area contributed by atoms with Crippen LogP contribution >= 0.6 is 0 Å². The predicted molar refractivity (Wildman–Crippen MR) is 33.1 cm³/mol. The highest BCUT2D eigenvalue weighted by Crippen LogP contribution is 2.34. The first-order valence-corrected chi connectivity index (χ1v) is 3.40. The molecule has 1 saturated heterocycles. The molecule has 1 aliphatic heterocycles. The van der Waals surface area contributed by atoms with Gasteiger partial charge in [-0.15, -0.1) is 0 Å². The van der Waals surface area contributed by atoms with Crippen molar-refractivity contribution in [3.63, 3.8) is 0 Å². The van der Waals surface area contributed by atoms with Gasteiger partial charge in [-0.25, -0.2) is 0 Å². The summed E-state index contributed by atoms with van der Waals surface area (Å²) in [5.74, 6) is -2.17. The molecule has 0 aliphatic carbocycles. The van der Waals surface area contributed by atoms with E-state index < -0.39 is 24.1 Å². The van der Waals surface area contributed by atoms with Crippen LogP contribution in [0.4, 0.5) is 13.2 Å². The van der Waals surface area contributed by atoms with Crippen LogP contribution in [0.1, 0.15) is 6.42 Å². The quantitative estimate of drug-likeness (QED) is 0.641. The summed E-state index contributed by atoms with van der Waals surface area (Å²) in [6.45, 7) is -0.0578. The first-order chi connectivity index (χ1) is 5.43. The van der Waals surface area contributed by atoms with E-state index in [0.717, 1.165) is 0 Å². The third-order valence-corrected chi connectivity index (χ3v) is 1.78. The summed E-state index contributed by atoms with van der Waals surface area (Å²) in [6.07, 6.45) is -6.44. The third kappa shape index (κ3) is 1.69. The Morgan fingerprint density at radius 3 is 2.42 bits per heavy atom. The maximum Gasteiger partial charge on any atom is 0.415 e. The summed E-state index contributed by atoms with van der Waals surface area (Å²) < 4.78 is 40.5. The van der Waals surface area contributed by atoms with E-state index in [1.165, 1.54) is 0 Å². The van der Waals surface area contributed by atoms with Gasteiger partial charge in [0.1, 0.15) is 0 Å². The minimum atomic E-state index is -4.49. The van der Waals surface area contributed by atoms with Crippen molar-refractivity contribution < 1.29 is 22.7 Å². The van der Waals surface area contributed by atoms with Crippen LogP contribution in [0.3, 0.4) is 0 Å². The SMILES string of the molecule is NC(=O)C1CCOC1C(F)(F)F. The normalized spacial score (nSPS) is 30.6. The topological polar surface area (TPSA) is 52.3 Å². The predicted octanol–water partition coefficient (Wildman–Crippen LogP) is 0.439. The minimum Gasteiger partial charge on any atom is -0.369 e. The maximum absolute atomic E-state index is 12.0. The molecule has 12 heavy (non-hydrogen) atoms. The van der Waals surface area contributed by atoms with Gasteiger partial charge in [0, 0.05) is 6.61 Å². The number of hydrogen-bond donors (Lipinski definition) is 1. The minimum absolute atomic E-state index is 0.0551. The van der Waals surface area contributed by atoms with Gasteiger partial charge < -0.3 is 10.5 Å². The Labute approximate surface area is 66.7 Å². The Hall–Kier alpha value is -0.780. The van der Waals surface area contributed by atoms with Crippen molar-refractivity contribution in [2.45, 2.75) is 18.7 Å². The van der Waals surface area contributed by atoms with E-state index in [0.29, 0.717) is 0 Å². The highest BCUT2D eigenvalue weighted by molar-refractivity contribution is 5.77. The van der Waals surface area contributed by atoms with E-state index in [9.17, 15) is 18.0 Å². The third-order valence-electron chi connectivity index (χ3n) is 1.78. The summed E-state index contributed by atoms with van der Waals surface area (Å²) in [6, 6.07) is 0. The number of nitrogens with two attached hydrogens (primary N) is 1. The zero-order valence-corrected chi connectivity index (χ0v) is 6.10.